The van der Waals surface area contributed by atoms with Crippen LogP contribution in [0.2, 0.25) is 0 Å². The van der Waals surface area contributed by atoms with Gasteiger partial charge in [0.05, 0.1) is 18.6 Å². The smallest absolute Gasteiger partial charge is 0.261 e. The molecule has 9 heteroatoms. The highest BCUT2D eigenvalue weighted by molar-refractivity contribution is 7.92. The zero-order valence-electron chi connectivity index (χ0n) is 15.3. The van der Waals surface area contributed by atoms with Crippen LogP contribution in [0.1, 0.15) is 12.8 Å². The van der Waals surface area contributed by atoms with E-state index in [2.05, 4.69) is 10.0 Å². The number of rotatable bonds is 7. The predicted octanol–water partition coefficient (Wildman–Crippen LogP) is 2.06. The molecule has 148 valence electrons. The molecule has 2 aromatic rings. The van der Waals surface area contributed by atoms with Crippen molar-refractivity contribution in [3.8, 4) is 5.75 Å². The number of nitrogens with one attached hydrogen (secondary N) is 2. The van der Waals surface area contributed by atoms with Gasteiger partial charge in [-0.25, -0.2) is 8.42 Å². The van der Waals surface area contributed by atoms with Gasteiger partial charge in [-0.1, -0.05) is 6.07 Å². The third-order valence-electron chi connectivity index (χ3n) is 4.28. The number of amides is 2. The van der Waals surface area contributed by atoms with Gasteiger partial charge in [-0.2, -0.15) is 0 Å². The number of hydrogen-bond donors (Lipinski definition) is 2. The zero-order valence-corrected chi connectivity index (χ0v) is 16.2. The first-order valence-corrected chi connectivity index (χ1v) is 10.2. The van der Waals surface area contributed by atoms with E-state index in [1.165, 1.54) is 24.1 Å². The van der Waals surface area contributed by atoms with E-state index >= 15 is 0 Å². The number of sulfonamides is 1. The Balaban J connectivity index is 1.68. The van der Waals surface area contributed by atoms with Crippen LogP contribution in [0.3, 0.4) is 0 Å². The van der Waals surface area contributed by atoms with E-state index in [4.69, 9.17) is 4.74 Å². The fraction of sp³-hybridized carbons (Fsp3) is 0.263. The lowest BCUT2D eigenvalue weighted by atomic mass is 10.3. The number of carbonyl (C=O) groups excluding carboxylic acids is 2. The monoisotopic (exact) mass is 403 g/mol. The summed E-state index contributed by atoms with van der Waals surface area (Å²) < 4.78 is 32.7. The number of carbonyl (C=O) groups is 2. The predicted molar refractivity (Wildman–Crippen MR) is 105 cm³/mol. The topological polar surface area (TPSA) is 105 Å². The van der Waals surface area contributed by atoms with Crippen LogP contribution < -0.4 is 14.8 Å². The van der Waals surface area contributed by atoms with Crippen LogP contribution in [-0.4, -0.2) is 45.3 Å². The summed E-state index contributed by atoms with van der Waals surface area (Å²) in [5, 5.41) is 2.64. The molecule has 1 heterocycles. The fourth-order valence-electron chi connectivity index (χ4n) is 2.86. The third-order valence-corrected chi connectivity index (χ3v) is 5.66. The minimum absolute atomic E-state index is 0.0124. The lowest BCUT2D eigenvalue weighted by Crippen LogP contribution is -2.34. The molecule has 0 radical (unpaired) electrons. The first-order valence-electron chi connectivity index (χ1n) is 8.72. The van der Waals surface area contributed by atoms with Gasteiger partial charge in [0.25, 0.3) is 10.0 Å². The highest BCUT2D eigenvalue weighted by atomic mass is 32.2. The number of hydrogen-bond acceptors (Lipinski definition) is 5. The SMILES string of the molecule is COc1ccc(NS(=O)(=O)c2cccc(NC(=O)CN3CCCC3=O)c2)cc1. The molecule has 2 aromatic carbocycles. The summed E-state index contributed by atoms with van der Waals surface area (Å²) in [6, 6.07) is 12.4. The normalized spacial score (nSPS) is 14.0. The van der Waals surface area contributed by atoms with Gasteiger partial charge in [0.1, 0.15) is 5.75 Å². The van der Waals surface area contributed by atoms with Gasteiger partial charge in [-0.15, -0.1) is 0 Å². The molecule has 0 unspecified atom stereocenters. The maximum Gasteiger partial charge on any atom is 0.261 e. The summed E-state index contributed by atoms with van der Waals surface area (Å²) in [5.74, 6) is 0.201. The molecule has 3 rings (SSSR count). The van der Waals surface area contributed by atoms with Gasteiger partial charge in [-0.3, -0.25) is 14.3 Å². The van der Waals surface area contributed by atoms with Crippen LogP contribution >= 0.6 is 0 Å². The summed E-state index contributed by atoms with van der Waals surface area (Å²) in [4.78, 5) is 25.3. The van der Waals surface area contributed by atoms with Gasteiger partial charge in [0, 0.05) is 24.3 Å². The Kier molecular flexibility index (Phi) is 5.84. The van der Waals surface area contributed by atoms with Crippen LogP contribution in [0.15, 0.2) is 53.4 Å². The molecule has 2 N–H and O–H groups in total. The van der Waals surface area contributed by atoms with E-state index in [1.54, 1.807) is 36.4 Å². The number of nitrogens with zero attached hydrogens (tertiary/aromatic N) is 1. The summed E-state index contributed by atoms with van der Waals surface area (Å²) >= 11 is 0. The van der Waals surface area contributed by atoms with Gasteiger partial charge in [0.2, 0.25) is 11.8 Å². The van der Waals surface area contributed by atoms with Crippen LogP contribution in [-0.2, 0) is 19.6 Å². The Labute approximate surface area is 163 Å². The minimum Gasteiger partial charge on any atom is -0.497 e. The molecule has 28 heavy (non-hydrogen) atoms. The number of ether oxygens (including phenoxy) is 1. The lowest BCUT2D eigenvalue weighted by molar-refractivity contribution is -0.131. The zero-order chi connectivity index (χ0) is 20.1. The van der Waals surface area contributed by atoms with Crippen LogP contribution in [0.25, 0.3) is 0 Å². The third kappa shape index (κ3) is 4.80. The van der Waals surface area contributed by atoms with E-state index < -0.39 is 10.0 Å². The largest absolute Gasteiger partial charge is 0.497 e. The Morgan fingerprint density at radius 2 is 1.89 bits per heavy atom. The van der Waals surface area contributed by atoms with Crippen molar-refractivity contribution in [2.45, 2.75) is 17.7 Å². The number of benzene rings is 2. The standard InChI is InChI=1S/C19H21N3O5S/c1-27-16-9-7-14(8-10-16)21-28(25,26)17-5-2-4-15(12-17)20-18(23)13-22-11-3-6-19(22)24/h2,4-5,7-10,12,21H,3,6,11,13H2,1H3,(H,20,23). The second-order valence-electron chi connectivity index (χ2n) is 6.33. The van der Waals surface area contributed by atoms with Crippen LogP contribution in [0.5, 0.6) is 5.75 Å². The maximum absolute atomic E-state index is 12.6. The highest BCUT2D eigenvalue weighted by Crippen LogP contribution is 2.21. The van der Waals surface area contributed by atoms with Gasteiger partial charge in [-0.05, 0) is 48.9 Å². The number of anilines is 2. The van der Waals surface area contributed by atoms with E-state index in [9.17, 15) is 18.0 Å². The molecule has 0 bridgehead atoms. The Morgan fingerprint density at radius 1 is 1.14 bits per heavy atom. The molecule has 0 aliphatic carbocycles. The number of methoxy groups -OCH3 is 1. The summed E-state index contributed by atoms with van der Waals surface area (Å²) in [7, 11) is -2.30. The Hall–Kier alpha value is -3.07. The molecule has 0 saturated carbocycles. The molecular weight excluding hydrogens is 382 g/mol. The van der Waals surface area contributed by atoms with Crippen molar-refractivity contribution in [2.75, 3.05) is 30.2 Å². The molecule has 0 atom stereocenters. The molecule has 8 nitrogen and oxygen atoms in total. The molecule has 0 spiro atoms. The average molecular weight is 403 g/mol. The van der Waals surface area contributed by atoms with Crippen molar-refractivity contribution in [1.29, 1.82) is 0 Å². The van der Waals surface area contributed by atoms with Crippen molar-refractivity contribution in [2.24, 2.45) is 0 Å². The molecule has 1 fully saturated rings. The molecular formula is C19H21N3O5S. The van der Waals surface area contributed by atoms with E-state index in [0.29, 0.717) is 30.1 Å². The molecule has 1 aliphatic rings. The quantitative estimate of drug-likeness (QED) is 0.736. The summed E-state index contributed by atoms with van der Waals surface area (Å²) in [6.45, 7) is 0.520. The van der Waals surface area contributed by atoms with E-state index in [0.717, 1.165) is 6.42 Å². The first-order chi connectivity index (χ1) is 13.4. The van der Waals surface area contributed by atoms with E-state index in [1.807, 2.05) is 0 Å². The van der Waals surface area contributed by atoms with Crippen molar-refractivity contribution < 1.29 is 22.7 Å². The average Bonchev–Trinajstić information content (AvgIpc) is 3.07. The number of likely N-dealkylation sites (tertiary alicyclic amines) is 1. The van der Waals surface area contributed by atoms with Gasteiger partial charge < -0.3 is 15.0 Å². The van der Waals surface area contributed by atoms with Crippen molar-refractivity contribution in [3.05, 3.63) is 48.5 Å². The maximum atomic E-state index is 12.6. The second-order valence-corrected chi connectivity index (χ2v) is 8.01. The van der Waals surface area contributed by atoms with Gasteiger partial charge in [0.15, 0.2) is 0 Å². The van der Waals surface area contributed by atoms with Gasteiger partial charge >= 0.3 is 0 Å². The van der Waals surface area contributed by atoms with Crippen molar-refractivity contribution in [3.63, 3.8) is 0 Å². The lowest BCUT2D eigenvalue weighted by Gasteiger charge is -2.15. The highest BCUT2D eigenvalue weighted by Gasteiger charge is 2.22. The van der Waals surface area contributed by atoms with E-state index in [-0.39, 0.29) is 23.3 Å². The van der Waals surface area contributed by atoms with Crippen molar-refractivity contribution in [1.82, 2.24) is 4.90 Å². The molecule has 1 saturated heterocycles. The van der Waals surface area contributed by atoms with Crippen molar-refractivity contribution >= 4 is 33.2 Å². The Morgan fingerprint density at radius 3 is 2.54 bits per heavy atom. The van der Waals surface area contributed by atoms with Crippen LogP contribution in [0, 0.1) is 0 Å². The molecule has 1 aliphatic heterocycles. The minimum atomic E-state index is -3.83. The second kappa shape index (κ2) is 8.30. The van der Waals surface area contributed by atoms with Crippen LogP contribution in [0.4, 0.5) is 11.4 Å². The summed E-state index contributed by atoms with van der Waals surface area (Å²) in [5.41, 5.74) is 0.733. The molecule has 2 amide bonds. The molecule has 0 aromatic heterocycles. The fourth-order valence-corrected chi connectivity index (χ4v) is 3.96. The summed E-state index contributed by atoms with van der Waals surface area (Å²) in [6.07, 6.45) is 1.20. The first kappa shape index (κ1) is 19.7. The Bertz CT molecular complexity index is 973.